The van der Waals surface area contributed by atoms with Gasteiger partial charge in [-0.15, -0.1) is 0 Å². The summed E-state index contributed by atoms with van der Waals surface area (Å²) >= 11 is 0. The lowest BCUT2D eigenvalue weighted by atomic mass is 9.97. The number of rotatable bonds is 7. The smallest absolute Gasteiger partial charge is 0.202 e. The number of hydrogen-bond donors (Lipinski definition) is 0. The van der Waals surface area contributed by atoms with Gasteiger partial charge in [-0.1, -0.05) is 164 Å². The molecule has 1 aliphatic carbocycles. The quantitative estimate of drug-likeness (QED) is 0.161. The highest BCUT2D eigenvalue weighted by molar-refractivity contribution is 6.25. The first-order valence-corrected chi connectivity index (χ1v) is 21.0. The van der Waals surface area contributed by atoms with Crippen LogP contribution in [0.2, 0.25) is 0 Å². The molecule has 0 saturated heterocycles. The highest BCUT2D eigenvalue weighted by Crippen LogP contribution is 2.50. The second-order valence-electron chi connectivity index (χ2n) is 15.9. The van der Waals surface area contributed by atoms with E-state index in [2.05, 4.69) is 228 Å². The van der Waals surface area contributed by atoms with Gasteiger partial charge >= 0.3 is 0 Å². The van der Waals surface area contributed by atoms with Gasteiger partial charge < -0.3 is 13.9 Å². The molecule has 1 aliphatic rings. The Kier molecular flexibility index (Phi) is 8.27. The van der Waals surface area contributed by atoms with Crippen LogP contribution >= 0.6 is 0 Å². The molecule has 11 aromatic rings. The van der Waals surface area contributed by atoms with Crippen LogP contribution in [0, 0.1) is 0 Å². The fourth-order valence-electron chi connectivity index (χ4n) is 9.42. The van der Waals surface area contributed by atoms with Crippen LogP contribution < -0.4 is 4.90 Å². The van der Waals surface area contributed by atoms with E-state index >= 15 is 0 Å². The summed E-state index contributed by atoms with van der Waals surface area (Å²) in [5.74, 6) is 0.844. The maximum atomic E-state index is 6.76. The Hall–Kier alpha value is -7.95. The van der Waals surface area contributed by atoms with E-state index < -0.39 is 0 Å². The highest BCUT2D eigenvalue weighted by Gasteiger charge is 2.26. The van der Waals surface area contributed by atoms with Crippen LogP contribution in [0.15, 0.2) is 223 Å². The molecule has 0 fully saturated rings. The zero-order chi connectivity index (χ0) is 40.3. The van der Waals surface area contributed by atoms with Crippen LogP contribution in [0.3, 0.4) is 0 Å². The van der Waals surface area contributed by atoms with Crippen molar-refractivity contribution < 1.29 is 4.42 Å². The van der Waals surface area contributed by atoms with Crippen LogP contribution in [-0.4, -0.2) is 9.55 Å². The molecule has 2 aromatic heterocycles. The third kappa shape index (κ3) is 5.87. The van der Waals surface area contributed by atoms with E-state index in [0.29, 0.717) is 0 Å². The second kappa shape index (κ2) is 14.4. The molecule has 1 atom stereocenters. The molecule has 1 unspecified atom stereocenters. The van der Waals surface area contributed by atoms with Crippen molar-refractivity contribution in [3.8, 4) is 27.9 Å². The van der Waals surface area contributed by atoms with Gasteiger partial charge in [-0.05, 0) is 88.3 Å². The number of hydrogen-bond acceptors (Lipinski definition) is 3. The predicted octanol–water partition coefficient (Wildman–Crippen LogP) is 15.6. The van der Waals surface area contributed by atoms with E-state index in [0.717, 1.165) is 68.2 Å². The molecule has 4 heteroatoms. The van der Waals surface area contributed by atoms with Gasteiger partial charge in [0.05, 0.1) is 28.3 Å². The van der Waals surface area contributed by atoms with E-state index in [4.69, 9.17) is 9.40 Å². The average molecular weight is 782 g/mol. The van der Waals surface area contributed by atoms with Crippen LogP contribution in [0.1, 0.15) is 18.2 Å². The fourth-order valence-corrected chi connectivity index (χ4v) is 9.42. The van der Waals surface area contributed by atoms with Gasteiger partial charge in [0, 0.05) is 38.7 Å². The number of allylic oxidation sites excluding steroid dienone is 4. The largest absolute Gasteiger partial charge is 0.439 e. The Morgan fingerprint density at radius 2 is 1.28 bits per heavy atom. The Balaban J connectivity index is 1.16. The zero-order valence-electron chi connectivity index (χ0n) is 33.3. The first-order valence-electron chi connectivity index (χ1n) is 21.0. The molecular weight excluding hydrogens is 743 g/mol. The summed E-state index contributed by atoms with van der Waals surface area (Å²) in [4.78, 5) is 7.52. The normalized spacial score (nSPS) is 13.9. The summed E-state index contributed by atoms with van der Waals surface area (Å²) in [6.45, 7) is 0. The standard InChI is InChI=1S/C57H39N3O/c1-4-17-38(18-5-1)40-31-32-42-36-45(34-33-41(42)35-40)59(51-29-14-12-25-47(51)48-27-16-28-50-56(48)61-57(58-50)39-19-6-2-7-20-39)53-37-43-21-10-11-24-46(43)55-54(53)49-26-13-15-30-52(49)60(55)44-22-8-3-9-23-44/h1-19,21-37,39H,20H2. The molecule has 2 heterocycles. The third-order valence-corrected chi connectivity index (χ3v) is 12.2. The van der Waals surface area contributed by atoms with Crippen LogP contribution in [-0.2, 0) is 0 Å². The van der Waals surface area contributed by atoms with Gasteiger partial charge in [0.1, 0.15) is 5.52 Å². The van der Waals surface area contributed by atoms with Crippen molar-refractivity contribution in [1.82, 2.24) is 9.55 Å². The average Bonchev–Trinajstić information content (AvgIpc) is 3.93. The minimum atomic E-state index is 0.102. The van der Waals surface area contributed by atoms with Gasteiger partial charge in [-0.3, -0.25) is 0 Å². The Morgan fingerprint density at radius 3 is 2.15 bits per heavy atom. The lowest BCUT2D eigenvalue weighted by Gasteiger charge is -2.29. The maximum absolute atomic E-state index is 6.76. The number of nitrogens with zero attached hydrogens (tertiary/aromatic N) is 3. The van der Waals surface area contributed by atoms with Crippen molar-refractivity contribution in [2.75, 3.05) is 4.90 Å². The van der Waals surface area contributed by atoms with Crippen LogP contribution in [0.5, 0.6) is 0 Å². The zero-order valence-corrected chi connectivity index (χ0v) is 33.3. The second-order valence-corrected chi connectivity index (χ2v) is 15.9. The van der Waals surface area contributed by atoms with Gasteiger partial charge in [-0.25, -0.2) is 4.98 Å². The lowest BCUT2D eigenvalue weighted by molar-refractivity contribution is 0.505. The molecule has 0 radical (unpaired) electrons. The molecule has 0 amide bonds. The van der Waals surface area contributed by atoms with Crippen molar-refractivity contribution in [2.45, 2.75) is 12.3 Å². The molecule has 288 valence electrons. The molecule has 0 spiro atoms. The van der Waals surface area contributed by atoms with Crippen molar-refractivity contribution in [3.05, 3.63) is 224 Å². The number of oxazole rings is 1. The Bertz CT molecular complexity index is 3520. The van der Waals surface area contributed by atoms with E-state index in [1.807, 2.05) is 0 Å². The first kappa shape index (κ1) is 35.0. The minimum Gasteiger partial charge on any atom is -0.439 e. The van der Waals surface area contributed by atoms with E-state index in [1.165, 1.54) is 43.6 Å². The molecule has 12 rings (SSSR count). The maximum Gasteiger partial charge on any atom is 0.202 e. The van der Waals surface area contributed by atoms with Gasteiger partial charge in [0.15, 0.2) is 5.58 Å². The highest BCUT2D eigenvalue weighted by atomic mass is 16.3. The minimum absolute atomic E-state index is 0.102. The number of anilines is 3. The summed E-state index contributed by atoms with van der Waals surface area (Å²) in [5, 5.41) is 7.09. The van der Waals surface area contributed by atoms with Crippen molar-refractivity contribution >= 4 is 71.5 Å². The van der Waals surface area contributed by atoms with Gasteiger partial charge in [0.2, 0.25) is 5.89 Å². The van der Waals surface area contributed by atoms with Crippen molar-refractivity contribution in [2.24, 2.45) is 0 Å². The predicted molar refractivity (Wildman–Crippen MR) is 255 cm³/mol. The summed E-state index contributed by atoms with van der Waals surface area (Å²) in [6, 6.07) is 70.2. The molecular formula is C57H39N3O. The summed E-state index contributed by atoms with van der Waals surface area (Å²) in [7, 11) is 0. The number of para-hydroxylation sites is 4. The SMILES string of the molecule is C1=CCC(c2nc3cccc(-c4ccccc4N(c4ccc5cc(-c6ccccc6)ccc5c4)c4cc5ccccc5c5c4c4ccccc4n5-c4ccccc4)c3o2)C=C1. The van der Waals surface area contributed by atoms with E-state index in [9.17, 15) is 0 Å². The van der Waals surface area contributed by atoms with Crippen molar-refractivity contribution in [3.63, 3.8) is 0 Å². The molecule has 0 N–H and O–H groups in total. The fraction of sp³-hybridized carbons (Fsp3) is 0.0351. The molecule has 0 aliphatic heterocycles. The van der Waals surface area contributed by atoms with E-state index in [-0.39, 0.29) is 5.92 Å². The Morgan fingerprint density at radius 1 is 0.541 bits per heavy atom. The molecule has 0 bridgehead atoms. The topological polar surface area (TPSA) is 34.2 Å². The number of aromatic nitrogens is 2. The molecule has 9 aromatic carbocycles. The summed E-state index contributed by atoms with van der Waals surface area (Å²) < 4.78 is 9.21. The van der Waals surface area contributed by atoms with Gasteiger partial charge in [0.25, 0.3) is 0 Å². The van der Waals surface area contributed by atoms with Crippen LogP contribution in [0.25, 0.3) is 82.4 Å². The molecule has 61 heavy (non-hydrogen) atoms. The number of fused-ring (bicyclic) bond motifs is 7. The lowest BCUT2D eigenvalue weighted by Crippen LogP contribution is -2.12. The Labute approximate surface area is 353 Å². The third-order valence-electron chi connectivity index (χ3n) is 12.2. The summed E-state index contributed by atoms with van der Waals surface area (Å²) in [6.07, 6.45) is 9.40. The van der Waals surface area contributed by atoms with Gasteiger partial charge in [-0.2, -0.15) is 0 Å². The first-order chi connectivity index (χ1) is 30.3. The molecule has 4 nitrogen and oxygen atoms in total. The van der Waals surface area contributed by atoms with Crippen molar-refractivity contribution in [1.29, 1.82) is 0 Å². The molecule has 0 saturated carbocycles. The van der Waals surface area contributed by atoms with E-state index in [1.54, 1.807) is 0 Å². The monoisotopic (exact) mass is 781 g/mol. The summed E-state index contributed by atoms with van der Waals surface area (Å²) in [5.41, 5.74) is 12.8. The number of benzene rings is 9. The van der Waals surface area contributed by atoms with Crippen LogP contribution in [0.4, 0.5) is 17.1 Å².